The second-order valence-electron chi connectivity index (χ2n) is 5.84. The van der Waals surface area contributed by atoms with Gasteiger partial charge in [0, 0.05) is 29.1 Å². The Morgan fingerprint density at radius 1 is 1.17 bits per heavy atom. The second-order valence-corrected chi connectivity index (χ2v) is 6.90. The zero-order valence-electron chi connectivity index (χ0n) is 13.7. The highest BCUT2D eigenvalue weighted by Crippen LogP contribution is 2.46. The minimum Gasteiger partial charge on any atom is -0.457 e. The van der Waals surface area contributed by atoms with Crippen molar-refractivity contribution in [1.82, 2.24) is 0 Å². The van der Waals surface area contributed by atoms with Crippen LogP contribution in [0.1, 0.15) is 18.2 Å². The molecule has 0 radical (unpaired) electrons. The monoisotopic (exact) mass is 334 g/mol. The molecule has 1 aliphatic carbocycles. The molecule has 0 saturated heterocycles. The molecule has 2 aliphatic heterocycles. The van der Waals surface area contributed by atoms with E-state index in [4.69, 9.17) is 9.83 Å². The maximum atomic E-state index is 7.80. The number of anilines is 1. The first-order chi connectivity index (χ1) is 11.7. The fourth-order valence-corrected chi connectivity index (χ4v) is 4.23. The van der Waals surface area contributed by atoms with Crippen LogP contribution in [-0.4, -0.2) is 6.54 Å². The normalized spacial score (nSPS) is 15.2. The Kier molecular flexibility index (Phi) is 3.69. The van der Waals surface area contributed by atoms with E-state index in [1.165, 1.54) is 15.6 Å². The van der Waals surface area contributed by atoms with Gasteiger partial charge in [-0.05, 0) is 49.7 Å². The first kappa shape index (κ1) is 15.1. The van der Waals surface area contributed by atoms with Crippen molar-refractivity contribution in [2.24, 2.45) is 0 Å². The Morgan fingerprint density at radius 2 is 2.00 bits per heavy atom. The summed E-state index contributed by atoms with van der Waals surface area (Å²) in [7, 11) is 0. The zero-order chi connectivity index (χ0) is 16.7. The van der Waals surface area contributed by atoms with Crippen molar-refractivity contribution in [3.63, 3.8) is 0 Å². The molecule has 3 aliphatic rings. The quantitative estimate of drug-likeness (QED) is 0.708. The third-order valence-electron chi connectivity index (χ3n) is 4.21. The molecule has 4 heteroatoms. The molecule has 1 aromatic rings. The molecule has 0 fully saturated rings. The van der Waals surface area contributed by atoms with Crippen molar-refractivity contribution >= 4 is 23.5 Å². The lowest BCUT2D eigenvalue weighted by atomic mass is 10.0. The molecule has 0 bridgehead atoms. The molecule has 0 unspecified atom stereocenters. The van der Waals surface area contributed by atoms with E-state index in [1.54, 1.807) is 23.9 Å². The summed E-state index contributed by atoms with van der Waals surface area (Å²) in [5, 5.41) is 9.44. The van der Waals surface area contributed by atoms with Gasteiger partial charge < -0.3 is 14.7 Å². The molecule has 1 N–H and O–H groups in total. The molecule has 0 saturated carbocycles. The van der Waals surface area contributed by atoms with Gasteiger partial charge in [-0.25, -0.2) is 0 Å². The van der Waals surface area contributed by atoms with E-state index in [-0.39, 0.29) is 0 Å². The summed E-state index contributed by atoms with van der Waals surface area (Å²) in [6.07, 6.45) is 2.09. The molecule has 3 nitrogen and oxygen atoms in total. The van der Waals surface area contributed by atoms with Gasteiger partial charge in [-0.2, -0.15) is 0 Å². The molecular weight excluding hydrogens is 316 g/mol. The molecule has 2 heterocycles. The highest BCUT2D eigenvalue weighted by molar-refractivity contribution is 8.03. The number of para-hydroxylation sites is 1. The number of benzene rings is 2. The predicted molar refractivity (Wildman–Crippen MR) is 99.2 cm³/mol. The van der Waals surface area contributed by atoms with Crippen LogP contribution in [0.25, 0.3) is 17.4 Å². The predicted octanol–water partition coefficient (Wildman–Crippen LogP) is 5.10. The van der Waals surface area contributed by atoms with Crippen molar-refractivity contribution in [1.29, 1.82) is 5.41 Å². The molecule has 0 spiro atoms. The van der Waals surface area contributed by atoms with E-state index in [1.807, 2.05) is 6.07 Å². The van der Waals surface area contributed by atoms with Gasteiger partial charge in [0.2, 0.25) is 0 Å². The number of rotatable bonds is 2. The Labute approximate surface area is 145 Å². The van der Waals surface area contributed by atoms with E-state index in [0.29, 0.717) is 5.36 Å². The molecule has 1 aromatic carbocycles. The van der Waals surface area contributed by atoms with Gasteiger partial charge >= 0.3 is 0 Å². The maximum absolute atomic E-state index is 7.80. The summed E-state index contributed by atoms with van der Waals surface area (Å²) >= 11 is 1.77. The maximum Gasteiger partial charge on any atom is 0.137 e. The fourth-order valence-electron chi connectivity index (χ4n) is 3.06. The summed E-state index contributed by atoms with van der Waals surface area (Å²) in [5.41, 5.74) is 3.47. The van der Waals surface area contributed by atoms with Crippen LogP contribution < -0.4 is 10.3 Å². The van der Waals surface area contributed by atoms with Crippen LogP contribution in [-0.2, 0) is 0 Å². The highest BCUT2D eigenvalue weighted by Gasteiger charge is 2.23. The largest absolute Gasteiger partial charge is 0.457 e. The van der Waals surface area contributed by atoms with Gasteiger partial charge in [0.1, 0.15) is 11.5 Å². The van der Waals surface area contributed by atoms with Crippen LogP contribution in [0.5, 0.6) is 0 Å². The van der Waals surface area contributed by atoms with Crippen LogP contribution >= 0.6 is 11.8 Å². The van der Waals surface area contributed by atoms with Gasteiger partial charge in [0.15, 0.2) is 0 Å². The number of hydrogen-bond donors (Lipinski definition) is 1. The highest BCUT2D eigenvalue weighted by atomic mass is 32.2. The van der Waals surface area contributed by atoms with Crippen LogP contribution in [0.3, 0.4) is 0 Å². The average molecular weight is 334 g/mol. The van der Waals surface area contributed by atoms with Crippen molar-refractivity contribution in [3.05, 3.63) is 70.2 Å². The van der Waals surface area contributed by atoms with Crippen LogP contribution in [0.2, 0.25) is 0 Å². The Balaban J connectivity index is 1.81. The Bertz CT molecular complexity index is 973. The Morgan fingerprint density at radius 3 is 2.83 bits per heavy atom. The topological polar surface area (TPSA) is 40.2 Å². The average Bonchev–Trinajstić information content (AvgIpc) is 2.91. The zero-order valence-corrected chi connectivity index (χ0v) is 14.5. The summed E-state index contributed by atoms with van der Waals surface area (Å²) in [5.74, 6) is 1.58. The SMILES string of the molecule is CCN1/C(=C\c2cc(C)c3ccc(=N)cc-3o2)Sc2ccccc21. The number of fused-ring (bicyclic) bond motifs is 2. The number of aryl methyl sites for hydroxylation is 1. The third kappa shape index (κ3) is 2.53. The minimum absolute atomic E-state index is 0.466. The van der Waals surface area contributed by atoms with Crippen molar-refractivity contribution in [2.75, 3.05) is 11.4 Å². The summed E-state index contributed by atoms with van der Waals surface area (Å²) < 4.78 is 6.04. The van der Waals surface area contributed by atoms with Gasteiger partial charge in [0.05, 0.1) is 16.1 Å². The van der Waals surface area contributed by atoms with E-state index in [2.05, 4.69) is 55.2 Å². The van der Waals surface area contributed by atoms with Gasteiger partial charge in [0.25, 0.3) is 0 Å². The van der Waals surface area contributed by atoms with Crippen LogP contribution in [0.4, 0.5) is 5.69 Å². The summed E-state index contributed by atoms with van der Waals surface area (Å²) in [6, 6.07) is 16.0. The first-order valence-electron chi connectivity index (χ1n) is 8.01. The molecule has 120 valence electrons. The standard InChI is InChI=1S/C20H18N2OS/c1-3-22-17-6-4-5-7-19(17)24-20(22)12-15-10-13(2)16-9-8-14(21)11-18(16)23-15/h4-12,21H,3H2,1-2H3/b20-12+,21-14?. The number of thioether (sulfide) groups is 1. The van der Waals surface area contributed by atoms with Crippen molar-refractivity contribution in [2.45, 2.75) is 18.7 Å². The lowest BCUT2D eigenvalue weighted by molar-refractivity contribution is 0.551. The third-order valence-corrected chi connectivity index (χ3v) is 5.32. The van der Waals surface area contributed by atoms with E-state index in [9.17, 15) is 0 Å². The molecular formula is C20H18N2OS. The number of nitrogens with one attached hydrogen (secondary N) is 1. The lowest BCUT2D eigenvalue weighted by Crippen LogP contribution is -2.16. The lowest BCUT2D eigenvalue weighted by Gasteiger charge is -2.18. The number of nitrogens with zero attached hydrogens (tertiary/aromatic N) is 1. The van der Waals surface area contributed by atoms with Crippen molar-refractivity contribution in [3.8, 4) is 11.3 Å². The van der Waals surface area contributed by atoms with Crippen LogP contribution in [0, 0.1) is 12.3 Å². The molecule has 24 heavy (non-hydrogen) atoms. The molecule has 0 amide bonds. The second kappa shape index (κ2) is 5.87. The fraction of sp³-hybridized carbons (Fsp3) is 0.150. The van der Waals surface area contributed by atoms with E-state index in [0.717, 1.165) is 29.2 Å². The number of hydrogen-bond acceptors (Lipinski definition) is 4. The minimum atomic E-state index is 0.466. The van der Waals surface area contributed by atoms with Gasteiger partial charge in [-0.15, -0.1) is 0 Å². The Hall–Kier alpha value is -2.46. The van der Waals surface area contributed by atoms with Gasteiger partial charge in [-0.3, -0.25) is 0 Å². The summed E-state index contributed by atoms with van der Waals surface area (Å²) in [4.78, 5) is 3.58. The first-order valence-corrected chi connectivity index (χ1v) is 8.82. The molecule has 0 atom stereocenters. The van der Waals surface area contributed by atoms with Gasteiger partial charge in [-0.1, -0.05) is 23.9 Å². The van der Waals surface area contributed by atoms with Crippen molar-refractivity contribution < 1.29 is 4.42 Å². The molecule has 4 rings (SSSR count). The van der Waals surface area contributed by atoms with Crippen LogP contribution in [0.15, 0.2) is 62.9 Å². The smallest absolute Gasteiger partial charge is 0.137 e. The molecule has 0 aromatic heterocycles. The van der Waals surface area contributed by atoms with E-state index < -0.39 is 0 Å². The van der Waals surface area contributed by atoms with E-state index >= 15 is 0 Å². The summed E-state index contributed by atoms with van der Waals surface area (Å²) in [6.45, 7) is 5.16.